The molecule has 0 N–H and O–H groups in total. The highest BCUT2D eigenvalue weighted by Crippen LogP contribution is 2.33. The lowest BCUT2D eigenvalue weighted by Crippen LogP contribution is -2.42. The molecule has 20 heavy (non-hydrogen) atoms. The third-order valence-electron chi connectivity index (χ3n) is 3.71. The standard InChI is InChI=1S/C12H12Br2N4OS/c13-10-11(14)18(6-15-10)9-5-20-12(16-9)17-3-7-1-2-8(4-17)19-7/h5-8H,1-4H2/t7-,8+. The van der Waals surface area contributed by atoms with Gasteiger partial charge in [-0.25, -0.2) is 9.97 Å². The number of halogens is 2. The average molecular weight is 420 g/mol. The van der Waals surface area contributed by atoms with E-state index >= 15 is 0 Å². The Morgan fingerprint density at radius 3 is 2.65 bits per heavy atom. The lowest BCUT2D eigenvalue weighted by molar-refractivity contribution is 0.0305. The number of morpholine rings is 1. The third-order valence-corrected chi connectivity index (χ3v) is 6.47. The Bertz CT molecular complexity index is 631. The summed E-state index contributed by atoms with van der Waals surface area (Å²) in [4.78, 5) is 11.3. The number of fused-ring (bicyclic) bond motifs is 2. The second-order valence-electron chi connectivity index (χ2n) is 5.05. The van der Waals surface area contributed by atoms with Gasteiger partial charge in [-0.1, -0.05) is 0 Å². The van der Waals surface area contributed by atoms with Crippen molar-refractivity contribution in [1.29, 1.82) is 0 Å². The molecule has 2 aromatic rings. The van der Waals surface area contributed by atoms with Crippen LogP contribution < -0.4 is 4.90 Å². The number of anilines is 1. The van der Waals surface area contributed by atoms with Crippen LogP contribution in [0.3, 0.4) is 0 Å². The van der Waals surface area contributed by atoms with E-state index in [9.17, 15) is 0 Å². The first-order valence-corrected chi connectivity index (χ1v) is 8.92. The lowest BCUT2D eigenvalue weighted by atomic mass is 10.2. The van der Waals surface area contributed by atoms with Crippen LogP contribution in [0.1, 0.15) is 12.8 Å². The Kier molecular flexibility index (Phi) is 3.36. The molecule has 2 aliphatic rings. The highest BCUT2D eigenvalue weighted by molar-refractivity contribution is 9.13. The molecule has 2 bridgehead atoms. The van der Waals surface area contributed by atoms with Crippen molar-refractivity contribution >= 4 is 48.3 Å². The molecule has 4 heterocycles. The Morgan fingerprint density at radius 2 is 2.00 bits per heavy atom. The number of imidazole rings is 1. The average Bonchev–Trinajstić information content (AvgIpc) is 3.12. The molecule has 2 aliphatic heterocycles. The maximum atomic E-state index is 5.87. The number of hydrogen-bond donors (Lipinski definition) is 0. The number of nitrogens with zero attached hydrogens (tertiary/aromatic N) is 4. The second kappa shape index (κ2) is 5.08. The van der Waals surface area contributed by atoms with Gasteiger partial charge in [-0.2, -0.15) is 0 Å². The van der Waals surface area contributed by atoms with Crippen molar-refractivity contribution in [3.63, 3.8) is 0 Å². The molecule has 5 nitrogen and oxygen atoms in total. The van der Waals surface area contributed by atoms with Gasteiger partial charge in [0.05, 0.1) is 12.2 Å². The van der Waals surface area contributed by atoms with E-state index in [1.807, 2.05) is 4.57 Å². The van der Waals surface area contributed by atoms with Gasteiger partial charge in [0.1, 0.15) is 15.5 Å². The molecule has 2 aromatic heterocycles. The van der Waals surface area contributed by atoms with Gasteiger partial charge in [0.2, 0.25) is 0 Å². The van der Waals surface area contributed by atoms with Gasteiger partial charge in [0, 0.05) is 18.5 Å². The van der Waals surface area contributed by atoms with Crippen molar-refractivity contribution in [2.45, 2.75) is 25.0 Å². The van der Waals surface area contributed by atoms with Crippen LogP contribution in [0.4, 0.5) is 5.13 Å². The summed E-state index contributed by atoms with van der Waals surface area (Å²) >= 11 is 8.57. The first kappa shape index (κ1) is 13.2. The summed E-state index contributed by atoms with van der Waals surface area (Å²) in [5.74, 6) is 0.897. The minimum absolute atomic E-state index is 0.384. The maximum Gasteiger partial charge on any atom is 0.187 e. The molecule has 0 radical (unpaired) electrons. The Hall–Kier alpha value is -0.440. The van der Waals surface area contributed by atoms with Crippen LogP contribution in [-0.2, 0) is 4.74 Å². The molecule has 106 valence electrons. The monoisotopic (exact) mass is 418 g/mol. The highest BCUT2D eigenvalue weighted by atomic mass is 79.9. The number of ether oxygens (including phenoxy) is 1. The van der Waals surface area contributed by atoms with E-state index in [-0.39, 0.29) is 0 Å². The molecule has 0 aromatic carbocycles. The minimum Gasteiger partial charge on any atom is -0.371 e. The molecule has 2 atom stereocenters. The smallest absolute Gasteiger partial charge is 0.187 e. The molecule has 4 rings (SSSR count). The van der Waals surface area contributed by atoms with Crippen LogP contribution in [0.5, 0.6) is 0 Å². The fourth-order valence-electron chi connectivity index (χ4n) is 2.75. The molecular formula is C12H12Br2N4OS. The van der Waals surface area contributed by atoms with Gasteiger partial charge in [-0.3, -0.25) is 4.57 Å². The second-order valence-corrected chi connectivity index (χ2v) is 7.39. The molecule has 0 spiro atoms. The summed E-state index contributed by atoms with van der Waals surface area (Å²) in [6, 6.07) is 0. The summed E-state index contributed by atoms with van der Waals surface area (Å²) in [7, 11) is 0. The van der Waals surface area contributed by atoms with E-state index in [1.165, 1.54) is 12.8 Å². The molecule has 0 aliphatic carbocycles. The predicted octanol–water partition coefficient (Wildman–Crippen LogP) is 3.22. The van der Waals surface area contributed by atoms with Crippen molar-refractivity contribution < 1.29 is 4.74 Å². The molecule has 0 unspecified atom stereocenters. The highest BCUT2D eigenvalue weighted by Gasteiger charge is 2.34. The summed E-state index contributed by atoms with van der Waals surface area (Å²) in [5.41, 5.74) is 0. The Balaban J connectivity index is 1.60. The first-order chi connectivity index (χ1) is 9.70. The van der Waals surface area contributed by atoms with E-state index in [2.05, 4.69) is 47.1 Å². The SMILES string of the molecule is Brc1ncn(-c2csc(N3C[C@H]4CC[C@@H](C3)O4)n2)c1Br. The van der Waals surface area contributed by atoms with Crippen molar-refractivity contribution in [1.82, 2.24) is 14.5 Å². The van der Waals surface area contributed by atoms with Gasteiger partial charge < -0.3 is 9.64 Å². The zero-order valence-corrected chi connectivity index (χ0v) is 14.5. The third kappa shape index (κ3) is 2.22. The van der Waals surface area contributed by atoms with Crippen LogP contribution in [0, 0.1) is 0 Å². The summed E-state index contributed by atoms with van der Waals surface area (Å²) < 4.78 is 9.47. The molecule has 2 saturated heterocycles. The molecule has 0 saturated carbocycles. The van der Waals surface area contributed by atoms with Crippen LogP contribution in [-0.4, -0.2) is 39.8 Å². The van der Waals surface area contributed by atoms with E-state index < -0.39 is 0 Å². The quantitative estimate of drug-likeness (QED) is 0.749. The number of thiazole rings is 1. The summed E-state index contributed by atoms with van der Waals surface area (Å²) in [6.07, 6.45) is 4.89. The van der Waals surface area contributed by atoms with Crippen molar-refractivity contribution in [2.24, 2.45) is 0 Å². The van der Waals surface area contributed by atoms with Crippen molar-refractivity contribution in [2.75, 3.05) is 18.0 Å². The van der Waals surface area contributed by atoms with Gasteiger partial charge >= 0.3 is 0 Å². The number of hydrogen-bond acceptors (Lipinski definition) is 5. The normalized spacial score (nSPS) is 25.4. The molecule has 0 amide bonds. The molecule has 2 fully saturated rings. The van der Waals surface area contributed by atoms with Gasteiger partial charge in [0.25, 0.3) is 0 Å². The van der Waals surface area contributed by atoms with E-state index in [0.717, 1.165) is 33.2 Å². The zero-order chi connectivity index (χ0) is 13.7. The largest absolute Gasteiger partial charge is 0.371 e. The van der Waals surface area contributed by atoms with Gasteiger partial charge in [-0.15, -0.1) is 11.3 Å². The maximum absolute atomic E-state index is 5.87. The van der Waals surface area contributed by atoms with Gasteiger partial charge in [-0.05, 0) is 44.7 Å². The molecular weight excluding hydrogens is 408 g/mol. The minimum atomic E-state index is 0.384. The topological polar surface area (TPSA) is 43.2 Å². The van der Waals surface area contributed by atoms with Crippen molar-refractivity contribution in [3.8, 4) is 5.82 Å². The fourth-order valence-corrected chi connectivity index (χ4v) is 4.23. The number of rotatable bonds is 2. The van der Waals surface area contributed by atoms with Crippen LogP contribution in [0.2, 0.25) is 0 Å². The van der Waals surface area contributed by atoms with E-state index in [0.29, 0.717) is 12.2 Å². The first-order valence-electron chi connectivity index (χ1n) is 6.45. The lowest BCUT2D eigenvalue weighted by Gasteiger charge is -2.31. The predicted molar refractivity (Wildman–Crippen MR) is 84.7 cm³/mol. The van der Waals surface area contributed by atoms with Crippen LogP contribution >= 0.6 is 43.2 Å². The van der Waals surface area contributed by atoms with Crippen LogP contribution in [0.25, 0.3) is 5.82 Å². The van der Waals surface area contributed by atoms with Crippen molar-refractivity contribution in [3.05, 3.63) is 20.9 Å². The Morgan fingerprint density at radius 1 is 1.25 bits per heavy atom. The van der Waals surface area contributed by atoms with E-state index in [4.69, 9.17) is 9.72 Å². The van der Waals surface area contributed by atoms with Crippen LogP contribution in [0.15, 0.2) is 20.9 Å². The Labute approximate surface area is 137 Å². The van der Waals surface area contributed by atoms with Gasteiger partial charge in [0.15, 0.2) is 10.9 Å². The summed E-state index contributed by atoms with van der Waals surface area (Å²) in [6.45, 7) is 1.91. The zero-order valence-electron chi connectivity index (χ0n) is 10.5. The summed E-state index contributed by atoms with van der Waals surface area (Å²) in [5, 5.41) is 3.13. The fraction of sp³-hybridized carbons (Fsp3) is 0.500. The number of aromatic nitrogens is 3. The molecule has 8 heteroatoms. The van der Waals surface area contributed by atoms with E-state index in [1.54, 1.807) is 17.7 Å².